The second kappa shape index (κ2) is 8.77. The Balaban J connectivity index is 1.99. The van der Waals surface area contributed by atoms with E-state index < -0.39 is 34.4 Å². The number of rotatable bonds is 7. The fraction of sp³-hybridized carbons (Fsp3) is 0.222. The third-order valence-electron chi connectivity index (χ3n) is 4.12. The van der Waals surface area contributed by atoms with Gasteiger partial charge in [-0.2, -0.15) is 18.3 Å². The largest absolute Gasteiger partial charge is 0.453 e. The number of halogens is 3. The molecule has 1 aromatic carbocycles. The van der Waals surface area contributed by atoms with Crippen LogP contribution in [0.2, 0.25) is 0 Å². The Hall–Kier alpha value is -2.77. The van der Waals surface area contributed by atoms with Crippen LogP contribution < -0.4 is 5.14 Å². The van der Waals surface area contributed by atoms with Crippen molar-refractivity contribution in [3.63, 3.8) is 0 Å². The Morgan fingerprint density at radius 2 is 1.94 bits per heavy atom. The van der Waals surface area contributed by atoms with Crippen LogP contribution in [-0.2, 0) is 32.3 Å². The number of ether oxygens (including phenoxy) is 1. The maximum Gasteiger partial charge on any atom is 0.435 e. The highest BCUT2D eigenvalue weighted by Gasteiger charge is 2.35. The van der Waals surface area contributed by atoms with Gasteiger partial charge in [0.25, 0.3) is 0 Å². The van der Waals surface area contributed by atoms with Crippen molar-refractivity contribution in [2.24, 2.45) is 5.14 Å². The number of H-pyrrole nitrogens is 1. The molecule has 0 saturated heterocycles. The number of nitrogens with two attached hydrogens (primary N) is 1. The lowest BCUT2D eigenvalue weighted by atomic mass is 10.2. The van der Waals surface area contributed by atoms with Gasteiger partial charge in [0.15, 0.2) is 5.69 Å². The maximum atomic E-state index is 13.2. The average molecular weight is 474 g/mol. The van der Waals surface area contributed by atoms with Gasteiger partial charge in [0.2, 0.25) is 10.0 Å². The highest BCUT2D eigenvalue weighted by atomic mass is 32.2. The number of hydrogen-bond donors (Lipinski definition) is 2. The van der Waals surface area contributed by atoms with Crippen LogP contribution in [-0.4, -0.2) is 41.3 Å². The highest BCUT2D eigenvalue weighted by molar-refractivity contribution is 7.98. The van der Waals surface area contributed by atoms with Gasteiger partial charge in [0.05, 0.1) is 16.3 Å². The van der Waals surface area contributed by atoms with Crippen molar-refractivity contribution in [3.05, 3.63) is 48.2 Å². The number of benzene rings is 1. The van der Waals surface area contributed by atoms with Crippen molar-refractivity contribution in [3.8, 4) is 22.6 Å². The molecular formula is C18H17F3N4O4S2. The first kappa shape index (κ1) is 22.9. The molecule has 0 fully saturated rings. The number of alkyl halides is 3. The third-order valence-corrected chi connectivity index (χ3v) is 5.39. The van der Waals surface area contributed by atoms with Crippen LogP contribution in [0.25, 0.3) is 22.6 Å². The van der Waals surface area contributed by atoms with E-state index in [9.17, 15) is 26.4 Å². The molecule has 2 heterocycles. The van der Waals surface area contributed by atoms with E-state index in [2.05, 4.69) is 10.1 Å². The molecule has 0 radical (unpaired) electrons. The molecule has 3 rings (SSSR count). The zero-order chi connectivity index (χ0) is 22.8. The number of esters is 1. The molecule has 31 heavy (non-hydrogen) atoms. The van der Waals surface area contributed by atoms with Crippen molar-refractivity contribution in [1.29, 1.82) is 0 Å². The SMILES string of the molecule is CSCOC(=O)Cn1nc(C(F)(F)F)cc1-c1ccc(-c2cccc(S(N)(=O)=O)c2)[nH]1. The van der Waals surface area contributed by atoms with Crippen LogP contribution in [0.15, 0.2) is 47.4 Å². The minimum Gasteiger partial charge on any atom is -0.453 e. The molecule has 0 aliphatic rings. The normalized spacial score (nSPS) is 12.2. The number of hydrogen-bond acceptors (Lipinski definition) is 6. The number of aromatic nitrogens is 3. The van der Waals surface area contributed by atoms with E-state index in [0.717, 1.165) is 10.7 Å². The van der Waals surface area contributed by atoms with E-state index in [1.807, 2.05) is 0 Å². The van der Waals surface area contributed by atoms with Gasteiger partial charge in [0, 0.05) is 5.69 Å². The Bertz CT molecular complexity index is 1200. The molecule has 0 aliphatic carbocycles. The molecule has 0 saturated carbocycles. The molecule has 0 spiro atoms. The van der Waals surface area contributed by atoms with Crippen molar-refractivity contribution in [2.45, 2.75) is 17.6 Å². The van der Waals surface area contributed by atoms with Crippen molar-refractivity contribution >= 4 is 27.8 Å². The number of nitrogens with one attached hydrogen (secondary N) is 1. The summed E-state index contributed by atoms with van der Waals surface area (Å²) in [7, 11) is -3.93. The molecule has 166 valence electrons. The van der Waals surface area contributed by atoms with Gasteiger partial charge in [-0.15, -0.1) is 11.8 Å². The fourth-order valence-corrected chi connectivity index (χ4v) is 3.55. The minimum absolute atomic E-state index is 0.0160. The van der Waals surface area contributed by atoms with E-state index in [-0.39, 0.29) is 22.2 Å². The molecule has 0 amide bonds. The number of carbonyl (C=O) groups is 1. The van der Waals surface area contributed by atoms with Gasteiger partial charge in [-0.05, 0) is 42.2 Å². The topological polar surface area (TPSA) is 120 Å². The zero-order valence-corrected chi connectivity index (χ0v) is 17.6. The first-order valence-corrected chi connectivity index (χ1v) is 11.6. The van der Waals surface area contributed by atoms with Gasteiger partial charge in [-0.1, -0.05) is 12.1 Å². The minimum atomic E-state index is -4.71. The van der Waals surface area contributed by atoms with Gasteiger partial charge >= 0.3 is 12.1 Å². The molecule has 0 atom stereocenters. The number of nitrogens with zero attached hydrogens (tertiary/aromatic N) is 2. The molecule has 8 nitrogen and oxygen atoms in total. The number of carbonyl (C=O) groups excluding carboxylic acids is 1. The molecule has 0 bridgehead atoms. The molecule has 2 aromatic heterocycles. The van der Waals surface area contributed by atoms with E-state index >= 15 is 0 Å². The number of aromatic amines is 1. The summed E-state index contributed by atoms with van der Waals surface area (Å²) in [5, 5.41) is 8.65. The molecule has 0 unspecified atom stereocenters. The summed E-state index contributed by atoms with van der Waals surface area (Å²) in [5.41, 5.74) is -0.00229. The van der Waals surface area contributed by atoms with E-state index in [1.54, 1.807) is 18.4 Å². The fourth-order valence-electron chi connectivity index (χ4n) is 2.74. The molecular weight excluding hydrogens is 457 g/mol. The lowest BCUT2D eigenvalue weighted by Crippen LogP contribution is -2.16. The predicted molar refractivity (Wildman–Crippen MR) is 108 cm³/mol. The number of primary sulfonamides is 1. The summed E-state index contributed by atoms with van der Waals surface area (Å²) in [4.78, 5) is 14.7. The van der Waals surface area contributed by atoms with Crippen LogP contribution >= 0.6 is 11.8 Å². The van der Waals surface area contributed by atoms with Crippen LogP contribution in [0.5, 0.6) is 0 Å². The van der Waals surface area contributed by atoms with Crippen LogP contribution in [0, 0.1) is 0 Å². The van der Waals surface area contributed by atoms with E-state index in [0.29, 0.717) is 11.3 Å². The van der Waals surface area contributed by atoms with E-state index in [1.165, 1.54) is 36.0 Å². The highest BCUT2D eigenvalue weighted by Crippen LogP contribution is 2.32. The van der Waals surface area contributed by atoms with Crippen LogP contribution in [0.4, 0.5) is 13.2 Å². The Kier molecular flexibility index (Phi) is 6.48. The third kappa shape index (κ3) is 5.48. The predicted octanol–water partition coefficient (Wildman–Crippen LogP) is 3.08. The van der Waals surface area contributed by atoms with E-state index in [4.69, 9.17) is 9.88 Å². The summed E-state index contributed by atoms with van der Waals surface area (Å²) in [6.07, 6.45) is -3.00. The standard InChI is InChI=1S/C18H17F3N4O4S2/c1-30-10-29-17(26)9-25-15(8-16(24-25)18(19,20)21)14-6-5-13(23-14)11-3-2-4-12(7-11)31(22,27)28/h2-8,23H,9-10H2,1H3,(H2,22,27,28). The van der Waals surface area contributed by atoms with Crippen LogP contribution in [0.1, 0.15) is 5.69 Å². The summed E-state index contributed by atoms with van der Waals surface area (Å²) in [6.45, 7) is -0.513. The smallest absolute Gasteiger partial charge is 0.435 e. The molecule has 3 aromatic rings. The van der Waals surface area contributed by atoms with Gasteiger partial charge in [-0.3, -0.25) is 9.48 Å². The summed E-state index contributed by atoms with van der Waals surface area (Å²) in [5.74, 6) is -0.672. The number of thioether (sulfide) groups is 1. The van der Waals surface area contributed by atoms with Crippen LogP contribution in [0.3, 0.4) is 0 Å². The summed E-state index contributed by atoms with van der Waals surface area (Å²) < 4.78 is 68.5. The Labute approximate surface area is 179 Å². The second-order valence-corrected chi connectivity index (χ2v) is 8.73. The van der Waals surface area contributed by atoms with Gasteiger partial charge in [0.1, 0.15) is 12.5 Å². The number of sulfonamides is 1. The van der Waals surface area contributed by atoms with Gasteiger partial charge in [-0.25, -0.2) is 13.6 Å². The second-order valence-electron chi connectivity index (χ2n) is 6.35. The average Bonchev–Trinajstić information content (AvgIpc) is 3.32. The Morgan fingerprint density at radius 3 is 2.58 bits per heavy atom. The monoisotopic (exact) mass is 474 g/mol. The quantitative estimate of drug-likeness (QED) is 0.401. The molecule has 3 N–H and O–H groups in total. The summed E-state index contributed by atoms with van der Waals surface area (Å²) in [6, 6.07) is 9.65. The summed E-state index contributed by atoms with van der Waals surface area (Å²) >= 11 is 1.24. The van der Waals surface area contributed by atoms with Crippen molar-refractivity contribution in [2.75, 3.05) is 12.2 Å². The lowest BCUT2D eigenvalue weighted by molar-refractivity contribution is -0.144. The lowest BCUT2D eigenvalue weighted by Gasteiger charge is -2.07. The molecule has 0 aliphatic heterocycles. The molecule has 13 heteroatoms. The van der Waals surface area contributed by atoms with Crippen molar-refractivity contribution < 1.29 is 31.1 Å². The maximum absolute atomic E-state index is 13.2. The van der Waals surface area contributed by atoms with Crippen molar-refractivity contribution in [1.82, 2.24) is 14.8 Å². The van der Waals surface area contributed by atoms with Gasteiger partial charge < -0.3 is 9.72 Å². The first-order chi connectivity index (χ1) is 14.5. The Morgan fingerprint density at radius 1 is 1.23 bits per heavy atom. The first-order valence-electron chi connectivity index (χ1n) is 8.61. The zero-order valence-electron chi connectivity index (χ0n) is 16.0.